The number of hydrogen-bond acceptors (Lipinski definition) is 2. The minimum absolute atomic E-state index is 0.312. The molecule has 7 heteroatoms. The number of alkyl halides is 3. The number of halogens is 4. The Labute approximate surface area is 163 Å². The molecule has 0 aromatic heterocycles. The predicted molar refractivity (Wildman–Crippen MR) is 99.4 cm³/mol. The van der Waals surface area contributed by atoms with E-state index in [0.717, 1.165) is 22.2 Å². The SMILES string of the molecule is O=C(O)C1CCCN(C(c2ccc(Br)cc2)c2cccc(C(F)(F)F)c2)C1. The van der Waals surface area contributed by atoms with Crippen molar-refractivity contribution in [2.24, 2.45) is 5.92 Å². The number of carboxylic acids is 1. The van der Waals surface area contributed by atoms with Crippen molar-refractivity contribution >= 4 is 21.9 Å². The van der Waals surface area contributed by atoms with Gasteiger partial charge >= 0.3 is 12.1 Å². The van der Waals surface area contributed by atoms with Gasteiger partial charge in [-0.15, -0.1) is 0 Å². The Morgan fingerprint density at radius 2 is 1.85 bits per heavy atom. The molecule has 0 amide bonds. The number of aliphatic carboxylic acids is 1. The van der Waals surface area contributed by atoms with Crippen molar-refractivity contribution in [1.29, 1.82) is 0 Å². The van der Waals surface area contributed by atoms with Gasteiger partial charge in [0.25, 0.3) is 0 Å². The van der Waals surface area contributed by atoms with E-state index in [1.165, 1.54) is 6.07 Å². The van der Waals surface area contributed by atoms with Crippen LogP contribution in [0.4, 0.5) is 13.2 Å². The van der Waals surface area contributed by atoms with Crippen LogP contribution in [0.25, 0.3) is 0 Å². The predicted octanol–water partition coefficient (Wildman–Crippen LogP) is 5.35. The number of piperidine rings is 1. The monoisotopic (exact) mass is 441 g/mol. The summed E-state index contributed by atoms with van der Waals surface area (Å²) in [7, 11) is 0. The fourth-order valence-corrected chi connectivity index (χ4v) is 3.85. The summed E-state index contributed by atoms with van der Waals surface area (Å²) in [6.45, 7) is 0.951. The summed E-state index contributed by atoms with van der Waals surface area (Å²) in [6.07, 6.45) is -3.14. The van der Waals surface area contributed by atoms with Gasteiger partial charge in [-0.3, -0.25) is 9.69 Å². The van der Waals surface area contributed by atoms with Crippen molar-refractivity contribution in [2.45, 2.75) is 25.1 Å². The molecule has 27 heavy (non-hydrogen) atoms. The van der Waals surface area contributed by atoms with E-state index in [9.17, 15) is 23.1 Å². The van der Waals surface area contributed by atoms with E-state index >= 15 is 0 Å². The molecule has 1 N–H and O–H groups in total. The number of nitrogens with zero attached hydrogens (tertiary/aromatic N) is 1. The van der Waals surface area contributed by atoms with Gasteiger partial charge in [-0.25, -0.2) is 0 Å². The van der Waals surface area contributed by atoms with E-state index in [-0.39, 0.29) is 0 Å². The molecule has 0 saturated carbocycles. The first kappa shape index (κ1) is 19.9. The normalized spacial score (nSPS) is 19.6. The van der Waals surface area contributed by atoms with Crippen molar-refractivity contribution < 1.29 is 23.1 Å². The second kappa shape index (κ2) is 8.02. The first-order valence-electron chi connectivity index (χ1n) is 8.65. The molecule has 2 aromatic carbocycles. The average molecular weight is 442 g/mol. The lowest BCUT2D eigenvalue weighted by Gasteiger charge is -2.37. The van der Waals surface area contributed by atoms with Crippen LogP contribution in [0.1, 0.15) is 35.6 Å². The topological polar surface area (TPSA) is 40.5 Å². The third-order valence-corrected chi connectivity index (χ3v) is 5.41. The first-order valence-corrected chi connectivity index (χ1v) is 9.44. The van der Waals surface area contributed by atoms with E-state index in [4.69, 9.17) is 0 Å². The molecular formula is C20H19BrF3NO2. The zero-order valence-corrected chi connectivity index (χ0v) is 16.0. The molecule has 144 valence electrons. The number of carboxylic acid groups (broad SMARTS) is 1. The molecule has 2 aromatic rings. The van der Waals surface area contributed by atoms with E-state index in [1.54, 1.807) is 6.07 Å². The summed E-state index contributed by atoms with van der Waals surface area (Å²) in [5, 5.41) is 9.38. The smallest absolute Gasteiger partial charge is 0.416 e. The average Bonchev–Trinajstić information content (AvgIpc) is 2.63. The van der Waals surface area contributed by atoms with Crippen LogP contribution in [0.5, 0.6) is 0 Å². The molecule has 2 atom stereocenters. The Kier molecular flexibility index (Phi) is 5.91. The molecule has 3 nitrogen and oxygen atoms in total. The zero-order valence-electron chi connectivity index (χ0n) is 14.4. The van der Waals surface area contributed by atoms with Crippen LogP contribution in [0.3, 0.4) is 0 Å². The van der Waals surface area contributed by atoms with E-state index in [1.807, 2.05) is 29.2 Å². The number of likely N-dealkylation sites (tertiary alicyclic amines) is 1. The van der Waals surface area contributed by atoms with Crippen LogP contribution in [-0.4, -0.2) is 29.1 Å². The van der Waals surface area contributed by atoms with Crippen molar-refractivity contribution in [1.82, 2.24) is 4.90 Å². The van der Waals surface area contributed by atoms with Gasteiger partial charge in [-0.1, -0.05) is 40.2 Å². The maximum Gasteiger partial charge on any atom is 0.416 e. The molecule has 2 unspecified atom stereocenters. The molecule has 1 saturated heterocycles. The molecule has 0 spiro atoms. The molecule has 1 heterocycles. The molecule has 1 aliphatic rings. The number of rotatable bonds is 4. The Hall–Kier alpha value is -1.86. The van der Waals surface area contributed by atoms with E-state index < -0.39 is 29.7 Å². The maximum atomic E-state index is 13.2. The summed E-state index contributed by atoms with van der Waals surface area (Å²) in [5.74, 6) is -1.37. The molecule has 0 bridgehead atoms. The Balaban J connectivity index is 2.03. The molecule has 0 radical (unpaired) electrons. The number of benzene rings is 2. The van der Waals surface area contributed by atoms with Gasteiger partial charge in [-0.2, -0.15) is 13.2 Å². The standard InChI is InChI=1S/C20H19BrF3NO2/c21-17-8-6-13(7-9-17)18(25-10-2-4-15(12-25)19(26)27)14-3-1-5-16(11-14)20(22,23)24/h1,3,5-9,11,15,18H,2,4,10,12H2,(H,26,27). The van der Waals surface area contributed by atoms with Crippen molar-refractivity contribution in [3.05, 3.63) is 69.7 Å². The largest absolute Gasteiger partial charge is 0.481 e. The molecule has 1 aliphatic heterocycles. The summed E-state index contributed by atoms with van der Waals surface area (Å²) in [6, 6.07) is 12.3. The number of hydrogen-bond donors (Lipinski definition) is 1. The fraction of sp³-hybridized carbons (Fsp3) is 0.350. The highest BCUT2D eigenvalue weighted by Gasteiger charge is 2.34. The van der Waals surface area contributed by atoms with Gasteiger partial charge in [0.2, 0.25) is 0 Å². The zero-order chi connectivity index (χ0) is 19.6. The lowest BCUT2D eigenvalue weighted by molar-refractivity contribution is -0.143. The lowest BCUT2D eigenvalue weighted by atomic mass is 9.91. The summed E-state index contributed by atoms with van der Waals surface area (Å²) >= 11 is 3.37. The summed E-state index contributed by atoms with van der Waals surface area (Å²) in [5.41, 5.74) is 0.649. The van der Waals surface area contributed by atoms with Gasteiger partial charge in [-0.05, 0) is 54.8 Å². The summed E-state index contributed by atoms with van der Waals surface area (Å²) in [4.78, 5) is 13.4. The van der Waals surface area contributed by atoms with Gasteiger partial charge in [0, 0.05) is 11.0 Å². The Morgan fingerprint density at radius 1 is 1.15 bits per heavy atom. The van der Waals surface area contributed by atoms with E-state index in [2.05, 4.69) is 15.9 Å². The maximum absolute atomic E-state index is 13.2. The molecular weight excluding hydrogens is 423 g/mol. The van der Waals surface area contributed by atoms with Crippen LogP contribution < -0.4 is 0 Å². The fourth-order valence-electron chi connectivity index (χ4n) is 3.59. The third kappa shape index (κ3) is 4.71. The van der Waals surface area contributed by atoms with Crippen LogP contribution >= 0.6 is 15.9 Å². The highest BCUT2D eigenvalue weighted by Crippen LogP contribution is 2.36. The van der Waals surface area contributed by atoms with Crippen molar-refractivity contribution in [2.75, 3.05) is 13.1 Å². The molecule has 3 rings (SSSR count). The van der Waals surface area contributed by atoms with Crippen molar-refractivity contribution in [3.8, 4) is 0 Å². The lowest BCUT2D eigenvalue weighted by Crippen LogP contribution is -2.41. The Bertz CT molecular complexity index is 808. The minimum Gasteiger partial charge on any atom is -0.481 e. The van der Waals surface area contributed by atoms with Crippen LogP contribution in [0, 0.1) is 5.92 Å². The first-order chi connectivity index (χ1) is 12.8. The Morgan fingerprint density at radius 3 is 2.48 bits per heavy atom. The van der Waals surface area contributed by atoms with Crippen LogP contribution in [0.15, 0.2) is 53.0 Å². The van der Waals surface area contributed by atoms with Crippen LogP contribution in [0.2, 0.25) is 0 Å². The highest BCUT2D eigenvalue weighted by molar-refractivity contribution is 9.10. The number of carbonyl (C=O) groups is 1. The van der Waals surface area contributed by atoms with Gasteiger partial charge in [0.1, 0.15) is 0 Å². The highest BCUT2D eigenvalue weighted by atomic mass is 79.9. The molecule has 1 fully saturated rings. The molecule has 0 aliphatic carbocycles. The summed E-state index contributed by atoms with van der Waals surface area (Å²) < 4.78 is 40.5. The van der Waals surface area contributed by atoms with Crippen LogP contribution in [-0.2, 0) is 11.0 Å². The van der Waals surface area contributed by atoms with Crippen molar-refractivity contribution in [3.63, 3.8) is 0 Å². The second-order valence-electron chi connectivity index (χ2n) is 6.75. The van der Waals surface area contributed by atoms with Gasteiger partial charge in [0.15, 0.2) is 0 Å². The van der Waals surface area contributed by atoms with E-state index in [0.29, 0.717) is 31.5 Å². The quantitative estimate of drug-likeness (QED) is 0.694. The third-order valence-electron chi connectivity index (χ3n) is 4.88. The minimum atomic E-state index is -4.42. The van der Waals surface area contributed by atoms with Gasteiger partial charge in [0.05, 0.1) is 17.5 Å². The van der Waals surface area contributed by atoms with Gasteiger partial charge < -0.3 is 5.11 Å². The second-order valence-corrected chi connectivity index (χ2v) is 7.67.